The highest BCUT2D eigenvalue weighted by Gasteiger charge is 2.30. The summed E-state index contributed by atoms with van der Waals surface area (Å²) in [6.07, 6.45) is 4.01. The number of hydrogen-bond acceptors (Lipinski definition) is 6. The molecule has 7 heteroatoms. The number of aromatic nitrogens is 4. The number of anilines is 2. The van der Waals surface area contributed by atoms with Crippen molar-refractivity contribution in [3.8, 4) is 0 Å². The van der Waals surface area contributed by atoms with Gasteiger partial charge in [0.1, 0.15) is 11.9 Å². The number of hydrogen-bond donors (Lipinski definition) is 2. The predicted molar refractivity (Wildman–Crippen MR) is 96.5 cm³/mol. The molecule has 134 valence electrons. The SMILES string of the molecule is CNc1cc(C)nc(N2CCCn3nc([C@@H](O)C4CCC4)cc3C2)n1. The van der Waals surface area contributed by atoms with E-state index in [1.165, 1.54) is 6.42 Å². The fraction of sp³-hybridized carbons (Fsp3) is 0.611. The van der Waals surface area contributed by atoms with Gasteiger partial charge in [-0.3, -0.25) is 4.68 Å². The summed E-state index contributed by atoms with van der Waals surface area (Å²) in [7, 11) is 1.87. The normalized spacial score (nSPS) is 19.1. The molecule has 0 unspecified atom stereocenters. The van der Waals surface area contributed by atoms with Crippen LogP contribution in [0.5, 0.6) is 0 Å². The van der Waals surface area contributed by atoms with E-state index in [2.05, 4.69) is 31.3 Å². The predicted octanol–water partition coefficient (Wildman–Crippen LogP) is 2.27. The molecule has 4 rings (SSSR count). The second-order valence-electron chi connectivity index (χ2n) is 7.14. The molecular formula is C18H26N6O. The number of aliphatic hydroxyl groups excluding tert-OH is 1. The third kappa shape index (κ3) is 3.20. The summed E-state index contributed by atoms with van der Waals surface area (Å²) in [5, 5.41) is 18.3. The van der Waals surface area contributed by atoms with Crippen molar-refractivity contribution >= 4 is 11.8 Å². The van der Waals surface area contributed by atoms with Crippen LogP contribution in [0.15, 0.2) is 12.1 Å². The van der Waals surface area contributed by atoms with Gasteiger partial charge in [-0.25, -0.2) is 4.98 Å². The molecule has 2 aromatic rings. The first-order valence-electron chi connectivity index (χ1n) is 9.17. The minimum atomic E-state index is -0.423. The molecule has 2 aliphatic rings. The first-order chi connectivity index (χ1) is 12.1. The molecule has 0 radical (unpaired) electrons. The summed E-state index contributed by atoms with van der Waals surface area (Å²) in [4.78, 5) is 11.4. The lowest BCUT2D eigenvalue weighted by Gasteiger charge is -2.29. The standard InChI is InChI=1S/C18H26N6O/c1-12-9-16(19-2)21-18(20-12)23-7-4-8-24-14(11-23)10-15(22-24)17(25)13-5-3-6-13/h9-10,13,17,25H,3-8,11H2,1-2H3,(H,19,20,21)/t17-/m0/s1. The minimum absolute atomic E-state index is 0.383. The number of nitrogens with zero attached hydrogens (tertiary/aromatic N) is 5. The van der Waals surface area contributed by atoms with Crippen molar-refractivity contribution in [2.75, 3.05) is 23.8 Å². The van der Waals surface area contributed by atoms with E-state index in [1.54, 1.807) is 0 Å². The highest BCUT2D eigenvalue weighted by Crippen LogP contribution is 2.37. The Balaban J connectivity index is 1.58. The molecule has 0 spiro atoms. The maximum absolute atomic E-state index is 10.5. The molecule has 7 nitrogen and oxygen atoms in total. The number of rotatable bonds is 4. The minimum Gasteiger partial charge on any atom is -0.386 e. The Morgan fingerprint density at radius 2 is 2.04 bits per heavy atom. The van der Waals surface area contributed by atoms with E-state index in [9.17, 15) is 5.11 Å². The van der Waals surface area contributed by atoms with Crippen molar-refractivity contribution in [3.63, 3.8) is 0 Å². The summed E-state index contributed by atoms with van der Waals surface area (Å²) in [6, 6.07) is 4.01. The Morgan fingerprint density at radius 3 is 2.76 bits per heavy atom. The average Bonchev–Trinajstić information content (AvgIpc) is 2.84. The Morgan fingerprint density at radius 1 is 1.20 bits per heavy atom. The van der Waals surface area contributed by atoms with E-state index >= 15 is 0 Å². The van der Waals surface area contributed by atoms with Crippen molar-refractivity contribution in [1.82, 2.24) is 19.7 Å². The highest BCUT2D eigenvalue weighted by atomic mass is 16.3. The molecule has 2 aromatic heterocycles. The van der Waals surface area contributed by atoms with Gasteiger partial charge in [0.05, 0.1) is 17.9 Å². The highest BCUT2D eigenvalue weighted by molar-refractivity contribution is 5.43. The van der Waals surface area contributed by atoms with E-state index in [-0.39, 0.29) is 0 Å². The number of aliphatic hydroxyl groups is 1. The first kappa shape index (κ1) is 16.3. The zero-order valence-electron chi connectivity index (χ0n) is 14.9. The molecule has 0 amide bonds. The fourth-order valence-electron chi connectivity index (χ4n) is 3.62. The van der Waals surface area contributed by atoms with Crippen LogP contribution in [0.4, 0.5) is 11.8 Å². The van der Waals surface area contributed by atoms with Gasteiger partial charge in [-0.05, 0) is 38.2 Å². The molecule has 1 fully saturated rings. The Bertz CT molecular complexity index is 754. The second-order valence-corrected chi connectivity index (χ2v) is 7.14. The summed E-state index contributed by atoms with van der Waals surface area (Å²) >= 11 is 0. The quantitative estimate of drug-likeness (QED) is 0.887. The molecule has 1 aliphatic carbocycles. The molecule has 1 saturated carbocycles. The smallest absolute Gasteiger partial charge is 0.227 e. The van der Waals surface area contributed by atoms with Crippen LogP contribution in [0.3, 0.4) is 0 Å². The van der Waals surface area contributed by atoms with Crippen LogP contribution >= 0.6 is 0 Å². The molecule has 1 aliphatic heterocycles. The van der Waals surface area contributed by atoms with E-state index < -0.39 is 6.10 Å². The molecule has 0 bridgehead atoms. The summed E-state index contributed by atoms with van der Waals surface area (Å²) in [5.41, 5.74) is 2.90. The molecule has 25 heavy (non-hydrogen) atoms. The van der Waals surface area contributed by atoms with Crippen LogP contribution < -0.4 is 10.2 Å². The monoisotopic (exact) mass is 342 g/mol. The number of nitrogens with one attached hydrogen (secondary N) is 1. The third-order valence-electron chi connectivity index (χ3n) is 5.31. The van der Waals surface area contributed by atoms with E-state index in [0.717, 1.165) is 67.7 Å². The molecule has 0 aromatic carbocycles. The fourth-order valence-corrected chi connectivity index (χ4v) is 3.62. The topological polar surface area (TPSA) is 79.1 Å². The number of aryl methyl sites for hydroxylation is 2. The van der Waals surface area contributed by atoms with Crippen LogP contribution in [0.1, 0.15) is 48.9 Å². The maximum Gasteiger partial charge on any atom is 0.227 e. The van der Waals surface area contributed by atoms with Gasteiger partial charge >= 0.3 is 0 Å². The van der Waals surface area contributed by atoms with Crippen LogP contribution in [0.25, 0.3) is 0 Å². The molecule has 3 heterocycles. The largest absolute Gasteiger partial charge is 0.386 e. The van der Waals surface area contributed by atoms with E-state index in [1.807, 2.05) is 24.7 Å². The third-order valence-corrected chi connectivity index (χ3v) is 5.31. The summed E-state index contributed by atoms with van der Waals surface area (Å²) < 4.78 is 2.05. The maximum atomic E-state index is 10.5. The van der Waals surface area contributed by atoms with Crippen LogP contribution in [-0.2, 0) is 13.1 Å². The van der Waals surface area contributed by atoms with Gasteiger partial charge < -0.3 is 15.3 Å². The molecule has 1 atom stereocenters. The second kappa shape index (κ2) is 6.63. The zero-order valence-corrected chi connectivity index (χ0v) is 14.9. The Kier molecular flexibility index (Phi) is 4.33. The van der Waals surface area contributed by atoms with Gasteiger partial charge in [-0.2, -0.15) is 10.1 Å². The summed E-state index contributed by atoms with van der Waals surface area (Å²) in [6.45, 7) is 4.47. The van der Waals surface area contributed by atoms with Crippen LogP contribution in [0, 0.1) is 12.8 Å². The lowest BCUT2D eigenvalue weighted by Crippen LogP contribution is -2.25. The van der Waals surface area contributed by atoms with Crippen molar-refractivity contribution in [1.29, 1.82) is 0 Å². The van der Waals surface area contributed by atoms with Gasteiger partial charge in [-0.15, -0.1) is 0 Å². The van der Waals surface area contributed by atoms with Gasteiger partial charge in [0, 0.05) is 31.9 Å². The molecule has 0 saturated heterocycles. The lowest BCUT2D eigenvalue weighted by molar-refractivity contribution is 0.0581. The van der Waals surface area contributed by atoms with Gasteiger partial charge in [0.25, 0.3) is 0 Å². The Labute approximate surface area is 148 Å². The number of fused-ring (bicyclic) bond motifs is 1. The van der Waals surface area contributed by atoms with Crippen molar-refractivity contribution in [2.24, 2.45) is 5.92 Å². The van der Waals surface area contributed by atoms with E-state index in [0.29, 0.717) is 5.92 Å². The molecule has 2 N–H and O–H groups in total. The van der Waals surface area contributed by atoms with Crippen molar-refractivity contribution < 1.29 is 5.11 Å². The van der Waals surface area contributed by atoms with Gasteiger partial charge in [0.15, 0.2) is 0 Å². The van der Waals surface area contributed by atoms with Crippen molar-refractivity contribution in [2.45, 2.75) is 51.8 Å². The van der Waals surface area contributed by atoms with Crippen LogP contribution in [0.2, 0.25) is 0 Å². The first-order valence-corrected chi connectivity index (χ1v) is 9.17. The van der Waals surface area contributed by atoms with E-state index in [4.69, 9.17) is 0 Å². The van der Waals surface area contributed by atoms with Crippen molar-refractivity contribution in [3.05, 3.63) is 29.2 Å². The summed E-state index contributed by atoms with van der Waals surface area (Å²) in [5.74, 6) is 1.97. The molecular weight excluding hydrogens is 316 g/mol. The average molecular weight is 342 g/mol. The Hall–Kier alpha value is -2.15. The van der Waals surface area contributed by atoms with Crippen LogP contribution in [-0.4, -0.2) is 38.4 Å². The van der Waals surface area contributed by atoms with Gasteiger partial charge in [-0.1, -0.05) is 6.42 Å². The van der Waals surface area contributed by atoms with Gasteiger partial charge in [0.2, 0.25) is 5.95 Å². The lowest BCUT2D eigenvalue weighted by atomic mass is 9.80. The zero-order chi connectivity index (χ0) is 17.4.